The average molecular weight is 209 g/mol. The third-order valence-corrected chi connectivity index (χ3v) is 2.32. The molecule has 0 bridgehead atoms. The first-order chi connectivity index (χ1) is 7.17. The lowest BCUT2D eigenvalue weighted by Gasteiger charge is -2.20. The molecule has 1 aromatic carbocycles. The van der Waals surface area contributed by atoms with Gasteiger partial charge >= 0.3 is 0 Å². The molecule has 0 aromatic heterocycles. The van der Waals surface area contributed by atoms with Gasteiger partial charge in [-0.3, -0.25) is 0 Å². The molecule has 0 fully saturated rings. The van der Waals surface area contributed by atoms with Crippen molar-refractivity contribution < 1.29 is 9.47 Å². The Morgan fingerprint density at radius 1 is 1.13 bits per heavy atom. The summed E-state index contributed by atoms with van der Waals surface area (Å²) in [5.41, 5.74) is 5.63. The van der Waals surface area contributed by atoms with Crippen LogP contribution < -0.4 is 15.2 Å². The zero-order valence-corrected chi connectivity index (χ0v) is 9.57. The van der Waals surface area contributed by atoms with Crippen molar-refractivity contribution in [2.24, 2.45) is 11.7 Å². The van der Waals surface area contributed by atoms with Crippen molar-refractivity contribution in [3.05, 3.63) is 24.3 Å². The van der Waals surface area contributed by atoms with E-state index in [0.29, 0.717) is 12.5 Å². The van der Waals surface area contributed by atoms with Crippen molar-refractivity contribution in [3.63, 3.8) is 0 Å². The van der Waals surface area contributed by atoms with Crippen LogP contribution in [0, 0.1) is 5.92 Å². The van der Waals surface area contributed by atoms with Crippen LogP contribution in [-0.4, -0.2) is 19.8 Å². The number of rotatable bonds is 5. The number of hydrogen-bond donors (Lipinski definition) is 1. The highest BCUT2D eigenvalue weighted by atomic mass is 16.5. The number of nitrogens with two attached hydrogens (primary N) is 1. The molecule has 0 amide bonds. The zero-order valence-electron chi connectivity index (χ0n) is 9.57. The SMILES string of the molecule is COc1ccc(OC(CN)C(C)C)cc1. The molecule has 0 aliphatic heterocycles. The fraction of sp³-hybridized carbons (Fsp3) is 0.500. The largest absolute Gasteiger partial charge is 0.497 e. The fourth-order valence-corrected chi connectivity index (χ4v) is 1.29. The molecular weight excluding hydrogens is 190 g/mol. The second-order valence-corrected chi connectivity index (χ2v) is 3.81. The van der Waals surface area contributed by atoms with Crippen molar-refractivity contribution in [3.8, 4) is 11.5 Å². The molecule has 1 atom stereocenters. The van der Waals surface area contributed by atoms with Crippen LogP contribution in [0.3, 0.4) is 0 Å². The van der Waals surface area contributed by atoms with Crippen molar-refractivity contribution >= 4 is 0 Å². The van der Waals surface area contributed by atoms with Gasteiger partial charge in [0, 0.05) is 6.54 Å². The maximum Gasteiger partial charge on any atom is 0.120 e. The van der Waals surface area contributed by atoms with Crippen LogP contribution in [0.4, 0.5) is 0 Å². The lowest BCUT2D eigenvalue weighted by Crippen LogP contribution is -2.31. The Hall–Kier alpha value is -1.22. The van der Waals surface area contributed by atoms with Crippen LogP contribution >= 0.6 is 0 Å². The van der Waals surface area contributed by atoms with Crippen molar-refractivity contribution in [2.75, 3.05) is 13.7 Å². The molecule has 0 aliphatic rings. The van der Waals surface area contributed by atoms with E-state index in [1.165, 1.54) is 0 Å². The molecule has 3 nitrogen and oxygen atoms in total. The van der Waals surface area contributed by atoms with Crippen molar-refractivity contribution in [1.29, 1.82) is 0 Å². The van der Waals surface area contributed by atoms with E-state index in [2.05, 4.69) is 13.8 Å². The topological polar surface area (TPSA) is 44.5 Å². The summed E-state index contributed by atoms with van der Waals surface area (Å²) in [6.45, 7) is 4.73. The maximum absolute atomic E-state index is 5.74. The van der Waals surface area contributed by atoms with Gasteiger partial charge in [-0.2, -0.15) is 0 Å². The van der Waals surface area contributed by atoms with Gasteiger partial charge in [-0.15, -0.1) is 0 Å². The molecule has 3 heteroatoms. The van der Waals surface area contributed by atoms with Gasteiger partial charge in [-0.05, 0) is 30.2 Å². The van der Waals surface area contributed by atoms with Crippen LogP contribution in [0.15, 0.2) is 24.3 Å². The maximum atomic E-state index is 5.74. The highest BCUT2D eigenvalue weighted by molar-refractivity contribution is 5.31. The summed E-state index contributed by atoms with van der Waals surface area (Å²) in [6, 6.07) is 7.54. The van der Waals surface area contributed by atoms with E-state index >= 15 is 0 Å². The van der Waals surface area contributed by atoms with Gasteiger partial charge in [0.25, 0.3) is 0 Å². The van der Waals surface area contributed by atoms with E-state index in [0.717, 1.165) is 11.5 Å². The lowest BCUT2D eigenvalue weighted by atomic mass is 10.1. The van der Waals surface area contributed by atoms with Crippen LogP contribution in [0.2, 0.25) is 0 Å². The third kappa shape index (κ3) is 3.44. The van der Waals surface area contributed by atoms with Gasteiger partial charge in [-0.25, -0.2) is 0 Å². The van der Waals surface area contributed by atoms with Crippen LogP contribution in [0.25, 0.3) is 0 Å². The Morgan fingerprint density at radius 3 is 2.07 bits per heavy atom. The highest BCUT2D eigenvalue weighted by Crippen LogP contribution is 2.19. The van der Waals surface area contributed by atoms with Gasteiger partial charge in [0.1, 0.15) is 17.6 Å². The molecule has 1 unspecified atom stereocenters. The summed E-state index contributed by atoms with van der Waals surface area (Å²) in [6.07, 6.45) is 0.0680. The predicted octanol–water partition coefficient (Wildman–Crippen LogP) is 2.06. The van der Waals surface area contributed by atoms with Crippen LogP contribution in [-0.2, 0) is 0 Å². The Morgan fingerprint density at radius 2 is 1.67 bits per heavy atom. The number of methoxy groups -OCH3 is 1. The van der Waals surface area contributed by atoms with E-state index in [4.69, 9.17) is 15.2 Å². The summed E-state index contributed by atoms with van der Waals surface area (Å²) in [5.74, 6) is 2.08. The van der Waals surface area contributed by atoms with Crippen LogP contribution in [0.1, 0.15) is 13.8 Å². The summed E-state index contributed by atoms with van der Waals surface area (Å²) >= 11 is 0. The standard InChI is InChI=1S/C12H19NO2/c1-9(2)12(8-13)15-11-6-4-10(14-3)5-7-11/h4-7,9,12H,8,13H2,1-3H3. The normalized spacial score (nSPS) is 12.6. The minimum atomic E-state index is 0.0680. The molecule has 15 heavy (non-hydrogen) atoms. The first-order valence-corrected chi connectivity index (χ1v) is 5.18. The van der Waals surface area contributed by atoms with E-state index in [1.807, 2.05) is 24.3 Å². The zero-order chi connectivity index (χ0) is 11.3. The molecule has 0 radical (unpaired) electrons. The Bertz CT molecular complexity index is 282. The molecule has 84 valence electrons. The molecule has 0 heterocycles. The summed E-state index contributed by atoms with van der Waals surface area (Å²) in [4.78, 5) is 0. The fourth-order valence-electron chi connectivity index (χ4n) is 1.29. The van der Waals surface area contributed by atoms with Gasteiger partial charge in [0.2, 0.25) is 0 Å². The average Bonchev–Trinajstić information content (AvgIpc) is 2.26. The summed E-state index contributed by atoms with van der Waals surface area (Å²) in [7, 11) is 1.65. The quantitative estimate of drug-likeness (QED) is 0.807. The molecule has 1 aromatic rings. The minimum absolute atomic E-state index is 0.0680. The number of hydrogen-bond acceptors (Lipinski definition) is 3. The van der Waals surface area contributed by atoms with Crippen molar-refractivity contribution in [2.45, 2.75) is 20.0 Å². The first kappa shape index (κ1) is 11.9. The Balaban J connectivity index is 2.63. The minimum Gasteiger partial charge on any atom is -0.497 e. The van der Waals surface area contributed by atoms with Crippen LogP contribution in [0.5, 0.6) is 11.5 Å². The molecule has 0 spiro atoms. The molecule has 1 rings (SSSR count). The number of ether oxygens (including phenoxy) is 2. The smallest absolute Gasteiger partial charge is 0.120 e. The lowest BCUT2D eigenvalue weighted by molar-refractivity contribution is 0.159. The van der Waals surface area contributed by atoms with Gasteiger partial charge in [0.05, 0.1) is 7.11 Å². The second-order valence-electron chi connectivity index (χ2n) is 3.81. The first-order valence-electron chi connectivity index (χ1n) is 5.18. The van der Waals surface area contributed by atoms with E-state index in [-0.39, 0.29) is 6.10 Å². The Labute approximate surface area is 91.2 Å². The summed E-state index contributed by atoms with van der Waals surface area (Å²) < 4.78 is 10.8. The van der Waals surface area contributed by atoms with Gasteiger partial charge < -0.3 is 15.2 Å². The molecule has 0 saturated carbocycles. The van der Waals surface area contributed by atoms with Gasteiger partial charge in [0.15, 0.2) is 0 Å². The second kappa shape index (κ2) is 5.61. The summed E-state index contributed by atoms with van der Waals surface area (Å²) in [5, 5.41) is 0. The van der Waals surface area contributed by atoms with E-state index < -0.39 is 0 Å². The monoisotopic (exact) mass is 209 g/mol. The molecule has 0 saturated heterocycles. The van der Waals surface area contributed by atoms with E-state index in [9.17, 15) is 0 Å². The molecule has 2 N–H and O–H groups in total. The number of benzene rings is 1. The van der Waals surface area contributed by atoms with Crippen molar-refractivity contribution in [1.82, 2.24) is 0 Å². The molecule has 0 aliphatic carbocycles. The molecular formula is C12H19NO2. The predicted molar refractivity (Wildman–Crippen MR) is 61.3 cm³/mol. The Kier molecular flexibility index (Phi) is 4.43. The highest BCUT2D eigenvalue weighted by Gasteiger charge is 2.12. The van der Waals surface area contributed by atoms with E-state index in [1.54, 1.807) is 7.11 Å². The van der Waals surface area contributed by atoms with Gasteiger partial charge in [-0.1, -0.05) is 13.8 Å². The third-order valence-electron chi connectivity index (χ3n) is 2.32.